The molecule has 1 aliphatic carbocycles. The van der Waals surface area contributed by atoms with Gasteiger partial charge in [-0.15, -0.1) is 0 Å². The van der Waals surface area contributed by atoms with Gasteiger partial charge in [-0.1, -0.05) is 6.07 Å². The van der Waals surface area contributed by atoms with Crippen LogP contribution in [0, 0.1) is 0 Å². The highest BCUT2D eigenvalue weighted by molar-refractivity contribution is 5.73. The number of aliphatic hydroxyl groups is 1. The maximum absolute atomic E-state index is 9.29. The minimum atomic E-state index is 0.0149. The molecule has 0 radical (unpaired) electrons. The minimum Gasteiger partial charge on any atom is -0.443 e. The molecule has 0 bridgehead atoms. The summed E-state index contributed by atoms with van der Waals surface area (Å²) in [4.78, 5) is 4.06. The van der Waals surface area contributed by atoms with E-state index in [1.54, 1.807) is 0 Å². The van der Waals surface area contributed by atoms with E-state index in [2.05, 4.69) is 4.98 Å². The van der Waals surface area contributed by atoms with Gasteiger partial charge in [0.05, 0.1) is 6.61 Å². The third kappa shape index (κ3) is 0.990. The number of hydrogen-bond donors (Lipinski definition) is 1. The van der Waals surface area contributed by atoms with Crippen LogP contribution in [0.1, 0.15) is 18.4 Å². The standard InChI is InChI=1S/C11H11NO2/c13-6-11(3-4-11)8-1-2-9-10(5-8)14-7-12-9/h1-2,5,7,13H,3-4,6H2. The van der Waals surface area contributed by atoms with E-state index >= 15 is 0 Å². The minimum absolute atomic E-state index is 0.0149. The Bertz CT molecular complexity index is 471. The number of fused-ring (bicyclic) bond motifs is 1. The summed E-state index contributed by atoms with van der Waals surface area (Å²) in [6, 6.07) is 5.98. The molecule has 1 aromatic heterocycles. The fraction of sp³-hybridized carbons (Fsp3) is 0.364. The summed E-state index contributed by atoms with van der Waals surface area (Å²) in [5, 5.41) is 9.29. The molecule has 3 heteroatoms. The number of nitrogens with zero attached hydrogens (tertiary/aromatic N) is 1. The van der Waals surface area contributed by atoms with Crippen molar-refractivity contribution in [2.75, 3.05) is 6.61 Å². The summed E-state index contributed by atoms with van der Waals surface area (Å²) in [6.45, 7) is 0.229. The number of aliphatic hydroxyl groups excluding tert-OH is 1. The molecule has 0 spiro atoms. The second-order valence-electron chi connectivity index (χ2n) is 3.97. The van der Waals surface area contributed by atoms with Gasteiger partial charge in [-0.05, 0) is 30.5 Å². The molecule has 1 heterocycles. The second-order valence-corrected chi connectivity index (χ2v) is 3.97. The van der Waals surface area contributed by atoms with Gasteiger partial charge in [0.1, 0.15) is 5.52 Å². The lowest BCUT2D eigenvalue weighted by Crippen LogP contribution is -2.11. The van der Waals surface area contributed by atoms with Crippen LogP contribution in [-0.4, -0.2) is 16.7 Å². The zero-order valence-corrected chi connectivity index (χ0v) is 7.73. The van der Waals surface area contributed by atoms with Crippen LogP contribution in [0.3, 0.4) is 0 Å². The number of hydrogen-bond acceptors (Lipinski definition) is 3. The monoisotopic (exact) mass is 189 g/mol. The Morgan fingerprint density at radius 1 is 1.43 bits per heavy atom. The van der Waals surface area contributed by atoms with Gasteiger partial charge in [0.15, 0.2) is 12.0 Å². The Morgan fingerprint density at radius 2 is 2.29 bits per heavy atom. The fourth-order valence-electron chi connectivity index (χ4n) is 1.87. The topological polar surface area (TPSA) is 46.3 Å². The highest BCUT2D eigenvalue weighted by atomic mass is 16.3. The van der Waals surface area contributed by atoms with Gasteiger partial charge >= 0.3 is 0 Å². The Kier molecular flexibility index (Phi) is 1.47. The summed E-state index contributed by atoms with van der Waals surface area (Å²) in [5.74, 6) is 0. The van der Waals surface area contributed by atoms with E-state index in [0.29, 0.717) is 0 Å². The maximum Gasteiger partial charge on any atom is 0.181 e. The Morgan fingerprint density at radius 3 is 3.00 bits per heavy atom. The Hall–Kier alpha value is -1.35. The van der Waals surface area contributed by atoms with Crippen molar-refractivity contribution in [1.29, 1.82) is 0 Å². The van der Waals surface area contributed by atoms with Crippen molar-refractivity contribution in [2.45, 2.75) is 18.3 Å². The van der Waals surface area contributed by atoms with Gasteiger partial charge in [-0.2, -0.15) is 0 Å². The molecular weight excluding hydrogens is 178 g/mol. The molecule has 0 aliphatic heterocycles. The summed E-state index contributed by atoms with van der Waals surface area (Å²) in [7, 11) is 0. The first-order chi connectivity index (χ1) is 6.84. The van der Waals surface area contributed by atoms with Crippen molar-refractivity contribution in [1.82, 2.24) is 4.98 Å². The number of benzene rings is 1. The molecule has 72 valence electrons. The highest BCUT2D eigenvalue weighted by Crippen LogP contribution is 2.48. The van der Waals surface area contributed by atoms with Crippen molar-refractivity contribution < 1.29 is 9.52 Å². The predicted molar refractivity (Wildman–Crippen MR) is 52.0 cm³/mol. The normalized spacial score (nSPS) is 18.6. The van der Waals surface area contributed by atoms with Crippen molar-refractivity contribution in [2.24, 2.45) is 0 Å². The van der Waals surface area contributed by atoms with Gasteiger partial charge in [-0.3, -0.25) is 0 Å². The van der Waals surface area contributed by atoms with Crippen LogP contribution in [0.4, 0.5) is 0 Å². The molecule has 0 atom stereocenters. The molecule has 0 unspecified atom stereocenters. The molecule has 3 nitrogen and oxygen atoms in total. The first-order valence-corrected chi connectivity index (χ1v) is 4.79. The zero-order chi connectivity index (χ0) is 9.60. The Balaban J connectivity index is 2.13. The average Bonchev–Trinajstić information content (AvgIpc) is 2.89. The van der Waals surface area contributed by atoms with E-state index in [-0.39, 0.29) is 12.0 Å². The molecule has 2 aromatic rings. The van der Waals surface area contributed by atoms with E-state index in [4.69, 9.17) is 4.42 Å². The van der Waals surface area contributed by atoms with E-state index < -0.39 is 0 Å². The molecule has 1 aliphatic rings. The predicted octanol–water partition coefficient (Wildman–Crippen LogP) is 1.85. The molecule has 3 rings (SSSR count). The summed E-state index contributed by atoms with van der Waals surface area (Å²) >= 11 is 0. The van der Waals surface area contributed by atoms with Gasteiger partial charge < -0.3 is 9.52 Å². The van der Waals surface area contributed by atoms with E-state index in [1.807, 2.05) is 18.2 Å². The van der Waals surface area contributed by atoms with Crippen molar-refractivity contribution in [3.63, 3.8) is 0 Å². The maximum atomic E-state index is 9.29. The van der Waals surface area contributed by atoms with Crippen LogP contribution in [-0.2, 0) is 5.41 Å². The van der Waals surface area contributed by atoms with Crippen LogP contribution in [0.5, 0.6) is 0 Å². The van der Waals surface area contributed by atoms with Crippen LogP contribution < -0.4 is 0 Å². The van der Waals surface area contributed by atoms with Crippen molar-refractivity contribution in [3.8, 4) is 0 Å². The molecule has 1 N–H and O–H groups in total. The molecular formula is C11H11NO2. The molecule has 0 saturated heterocycles. The van der Waals surface area contributed by atoms with E-state index in [0.717, 1.165) is 23.9 Å². The molecule has 1 aromatic carbocycles. The lowest BCUT2D eigenvalue weighted by molar-refractivity contribution is 0.255. The first-order valence-electron chi connectivity index (χ1n) is 4.79. The van der Waals surface area contributed by atoms with Crippen LogP contribution in [0.2, 0.25) is 0 Å². The summed E-state index contributed by atoms with van der Waals surface area (Å²) < 4.78 is 5.23. The second kappa shape index (κ2) is 2.58. The largest absolute Gasteiger partial charge is 0.443 e. The molecule has 1 saturated carbocycles. The van der Waals surface area contributed by atoms with Gasteiger partial charge in [0.2, 0.25) is 0 Å². The number of rotatable bonds is 2. The van der Waals surface area contributed by atoms with Crippen molar-refractivity contribution in [3.05, 3.63) is 30.2 Å². The van der Waals surface area contributed by atoms with E-state index in [9.17, 15) is 5.11 Å². The van der Waals surface area contributed by atoms with Crippen LogP contribution in [0.25, 0.3) is 11.1 Å². The lowest BCUT2D eigenvalue weighted by Gasteiger charge is -2.10. The van der Waals surface area contributed by atoms with Crippen molar-refractivity contribution >= 4 is 11.1 Å². The molecule has 1 fully saturated rings. The zero-order valence-electron chi connectivity index (χ0n) is 7.73. The number of aromatic nitrogens is 1. The summed E-state index contributed by atoms with van der Waals surface area (Å²) in [6.07, 6.45) is 3.60. The van der Waals surface area contributed by atoms with Gasteiger partial charge in [0.25, 0.3) is 0 Å². The SMILES string of the molecule is OCC1(c2ccc3ncoc3c2)CC1. The third-order valence-electron chi connectivity index (χ3n) is 3.10. The van der Waals surface area contributed by atoms with Gasteiger partial charge in [0, 0.05) is 5.41 Å². The van der Waals surface area contributed by atoms with Gasteiger partial charge in [-0.25, -0.2) is 4.98 Å². The van der Waals surface area contributed by atoms with E-state index in [1.165, 1.54) is 12.0 Å². The molecule has 0 amide bonds. The van der Waals surface area contributed by atoms with Crippen LogP contribution >= 0.6 is 0 Å². The highest BCUT2D eigenvalue weighted by Gasteiger charge is 2.43. The summed E-state index contributed by atoms with van der Waals surface area (Å²) in [5.41, 5.74) is 2.87. The third-order valence-corrected chi connectivity index (χ3v) is 3.10. The smallest absolute Gasteiger partial charge is 0.181 e. The van der Waals surface area contributed by atoms with Crippen LogP contribution in [0.15, 0.2) is 29.0 Å². The quantitative estimate of drug-likeness (QED) is 0.784. The lowest BCUT2D eigenvalue weighted by atomic mass is 9.97. The average molecular weight is 189 g/mol. The fourth-order valence-corrected chi connectivity index (χ4v) is 1.87. The number of oxazole rings is 1. The Labute approximate surface area is 81.4 Å². The molecule has 14 heavy (non-hydrogen) atoms. The first kappa shape index (κ1) is 8.00.